The van der Waals surface area contributed by atoms with Gasteiger partial charge in [-0.3, -0.25) is 0 Å². The molecule has 0 fully saturated rings. The van der Waals surface area contributed by atoms with Gasteiger partial charge in [0.1, 0.15) is 5.82 Å². The standard InChI is InChI=1S/C27H26FN/c1-19-8-10-21(11-9-19)16-26-20(2)24(27-17-23(28)12-13-25(26)27)14-15-29-18-22-6-4-3-5-7-22/h3-13,16-17,29H,14-15,18H2,1-2H3/b26-16-. The van der Waals surface area contributed by atoms with E-state index in [0.29, 0.717) is 0 Å². The van der Waals surface area contributed by atoms with Crippen molar-refractivity contribution in [3.63, 3.8) is 0 Å². The van der Waals surface area contributed by atoms with Crippen molar-refractivity contribution >= 4 is 17.2 Å². The number of nitrogens with one attached hydrogen (secondary N) is 1. The van der Waals surface area contributed by atoms with Crippen molar-refractivity contribution < 1.29 is 4.39 Å². The minimum absolute atomic E-state index is 0.178. The van der Waals surface area contributed by atoms with Crippen LogP contribution >= 0.6 is 0 Å². The van der Waals surface area contributed by atoms with Crippen molar-refractivity contribution in [2.45, 2.75) is 26.8 Å². The topological polar surface area (TPSA) is 12.0 Å². The summed E-state index contributed by atoms with van der Waals surface area (Å²) in [5.41, 5.74) is 9.52. The quantitative estimate of drug-likeness (QED) is 0.470. The zero-order valence-corrected chi connectivity index (χ0v) is 17.0. The van der Waals surface area contributed by atoms with Gasteiger partial charge in [0.05, 0.1) is 0 Å². The summed E-state index contributed by atoms with van der Waals surface area (Å²) < 4.78 is 14.0. The first-order valence-electron chi connectivity index (χ1n) is 10.2. The molecule has 0 aromatic heterocycles. The van der Waals surface area contributed by atoms with E-state index in [4.69, 9.17) is 0 Å². The molecule has 0 saturated heterocycles. The lowest BCUT2D eigenvalue weighted by Gasteiger charge is -2.08. The number of aryl methyl sites for hydroxylation is 1. The van der Waals surface area contributed by atoms with Crippen LogP contribution < -0.4 is 5.32 Å². The molecule has 0 atom stereocenters. The van der Waals surface area contributed by atoms with E-state index >= 15 is 0 Å². The molecule has 0 aliphatic heterocycles. The van der Waals surface area contributed by atoms with Crippen LogP contribution in [0.4, 0.5) is 4.39 Å². The lowest BCUT2D eigenvalue weighted by Crippen LogP contribution is -2.15. The average Bonchev–Trinajstić information content (AvgIpc) is 2.98. The molecule has 0 radical (unpaired) electrons. The van der Waals surface area contributed by atoms with Crippen LogP contribution in [0.5, 0.6) is 0 Å². The van der Waals surface area contributed by atoms with E-state index in [9.17, 15) is 4.39 Å². The van der Waals surface area contributed by atoms with Crippen LogP contribution in [0.1, 0.15) is 41.2 Å². The molecule has 1 nitrogen and oxygen atoms in total. The molecule has 0 bridgehead atoms. The number of rotatable bonds is 6. The molecule has 3 aromatic carbocycles. The Balaban J connectivity index is 1.57. The van der Waals surface area contributed by atoms with Crippen molar-refractivity contribution in [1.29, 1.82) is 0 Å². The van der Waals surface area contributed by atoms with Crippen LogP contribution in [-0.2, 0) is 6.54 Å². The highest BCUT2D eigenvalue weighted by molar-refractivity contribution is 6.05. The molecule has 29 heavy (non-hydrogen) atoms. The lowest BCUT2D eigenvalue weighted by molar-refractivity contribution is 0.627. The van der Waals surface area contributed by atoms with E-state index in [1.165, 1.54) is 33.4 Å². The first kappa shape index (κ1) is 19.4. The number of hydrogen-bond donors (Lipinski definition) is 1. The van der Waals surface area contributed by atoms with Gasteiger partial charge in [-0.05, 0) is 84.0 Å². The predicted molar refractivity (Wildman–Crippen MR) is 121 cm³/mol. The van der Waals surface area contributed by atoms with Gasteiger partial charge in [-0.15, -0.1) is 0 Å². The van der Waals surface area contributed by atoms with Gasteiger partial charge >= 0.3 is 0 Å². The van der Waals surface area contributed by atoms with Crippen molar-refractivity contribution in [3.05, 3.63) is 112 Å². The fourth-order valence-corrected chi connectivity index (χ4v) is 3.95. The minimum Gasteiger partial charge on any atom is -0.312 e. The monoisotopic (exact) mass is 383 g/mol. The summed E-state index contributed by atoms with van der Waals surface area (Å²) in [6, 6.07) is 24.1. The Morgan fingerprint density at radius 3 is 2.38 bits per heavy atom. The average molecular weight is 384 g/mol. The highest BCUT2D eigenvalue weighted by Crippen LogP contribution is 2.43. The van der Waals surface area contributed by atoms with E-state index in [1.807, 2.05) is 12.1 Å². The molecule has 4 rings (SSSR count). The first-order chi connectivity index (χ1) is 14.1. The molecule has 0 saturated carbocycles. The van der Waals surface area contributed by atoms with E-state index in [0.717, 1.165) is 30.6 Å². The second-order valence-electron chi connectivity index (χ2n) is 7.67. The SMILES string of the molecule is CC1=C(CCNCc2ccccc2)c2cc(F)ccc2/C1=C\c1ccc(C)cc1. The second-order valence-corrected chi connectivity index (χ2v) is 7.67. The van der Waals surface area contributed by atoms with Crippen LogP contribution in [0.2, 0.25) is 0 Å². The van der Waals surface area contributed by atoms with Gasteiger partial charge in [0.25, 0.3) is 0 Å². The molecule has 0 unspecified atom stereocenters. The largest absolute Gasteiger partial charge is 0.312 e. The molecule has 1 aliphatic carbocycles. The Kier molecular flexibility index (Phi) is 5.73. The van der Waals surface area contributed by atoms with Crippen LogP contribution in [0, 0.1) is 12.7 Å². The maximum absolute atomic E-state index is 14.0. The van der Waals surface area contributed by atoms with Crippen LogP contribution in [0.25, 0.3) is 17.2 Å². The molecule has 0 heterocycles. The van der Waals surface area contributed by atoms with Crippen molar-refractivity contribution in [3.8, 4) is 0 Å². The van der Waals surface area contributed by atoms with Gasteiger partial charge in [0.15, 0.2) is 0 Å². The summed E-state index contributed by atoms with van der Waals surface area (Å²) >= 11 is 0. The van der Waals surface area contributed by atoms with E-state index in [1.54, 1.807) is 12.1 Å². The van der Waals surface area contributed by atoms with Gasteiger partial charge in [-0.2, -0.15) is 0 Å². The molecule has 1 aliphatic rings. The van der Waals surface area contributed by atoms with Gasteiger partial charge in [-0.1, -0.05) is 66.2 Å². The molecule has 0 spiro atoms. The number of halogens is 1. The molecule has 1 N–H and O–H groups in total. The van der Waals surface area contributed by atoms with Gasteiger partial charge in [0.2, 0.25) is 0 Å². The third kappa shape index (κ3) is 4.38. The third-order valence-electron chi connectivity index (χ3n) is 5.57. The Hall–Kier alpha value is -2.97. The van der Waals surface area contributed by atoms with Crippen LogP contribution in [-0.4, -0.2) is 6.54 Å². The van der Waals surface area contributed by atoms with E-state index in [-0.39, 0.29) is 5.82 Å². The van der Waals surface area contributed by atoms with Crippen LogP contribution in [0.15, 0.2) is 78.4 Å². The minimum atomic E-state index is -0.178. The zero-order chi connectivity index (χ0) is 20.2. The summed E-state index contributed by atoms with van der Waals surface area (Å²) in [6.07, 6.45) is 3.09. The van der Waals surface area contributed by atoms with Crippen molar-refractivity contribution in [2.24, 2.45) is 0 Å². The van der Waals surface area contributed by atoms with Gasteiger partial charge < -0.3 is 5.32 Å². The van der Waals surface area contributed by atoms with E-state index in [2.05, 4.69) is 73.8 Å². The predicted octanol–water partition coefficient (Wildman–Crippen LogP) is 6.64. The number of hydrogen-bond acceptors (Lipinski definition) is 1. The number of benzene rings is 3. The van der Waals surface area contributed by atoms with E-state index < -0.39 is 0 Å². The Labute approximate surface area is 172 Å². The number of fused-ring (bicyclic) bond motifs is 1. The smallest absolute Gasteiger partial charge is 0.123 e. The zero-order valence-electron chi connectivity index (χ0n) is 17.0. The highest BCUT2D eigenvalue weighted by Gasteiger charge is 2.23. The Morgan fingerprint density at radius 1 is 0.862 bits per heavy atom. The van der Waals surface area contributed by atoms with Gasteiger partial charge in [0, 0.05) is 6.54 Å². The third-order valence-corrected chi connectivity index (χ3v) is 5.57. The Morgan fingerprint density at radius 2 is 1.62 bits per heavy atom. The van der Waals surface area contributed by atoms with Crippen molar-refractivity contribution in [2.75, 3.05) is 6.54 Å². The second kappa shape index (κ2) is 8.59. The molecular formula is C27H26FN. The molecule has 146 valence electrons. The summed E-state index contributed by atoms with van der Waals surface area (Å²) in [7, 11) is 0. The van der Waals surface area contributed by atoms with Gasteiger partial charge in [-0.25, -0.2) is 4.39 Å². The molecular weight excluding hydrogens is 357 g/mol. The summed E-state index contributed by atoms with van der Waals surface area (Å²) in [5.74, 6) is -0.178. The fraction of sp³-hybridized carbons (Fsp3) is 0.185. The first-order valence-corrected chi connectivity index (χ1v) is 10.2. The lowest BCUT2D eigenvalue weighted by atomic mass is 10.00. The van der Waals surface area contributed by atoms with Crippen molar-refractivity contribution in [1.82, 2.24) is 5.32 Å². The normalized spacial score (nSPS) is 14.5. The summed E-state index contributed by atoms with van der Waals surface area (Å²) in [5, 5.41) is 3.52. The maximum atomic E-state index is 14.0. The summed E-state index contributed by atoms with van der Waals surface area (Å²) in [6.45, 7) is 5.95. The molecule has 3 aromatic rings. The molecule has 0 amide bonds. The Bertz CT molecular complexity index is 1060. The highest BCUT2D eigenvalue weighted by atomic mass is 19.1. The number of allylic oxidation sites excluding steroid dienone is 2. The summed E-state index contributed by atoms with van der Waals surface area (Å²) in [4.78, 5) is 0. The van der Waals surface area contributed by atoms with Crippen LogP contribution in [0.3, 0.4) is 0 Å². The molecule has 2 heteroatoms. The maximum Gasteiger partial charge on any atom is 0.123 e. The fourth-order valence-electron chi connectivity index (χ4n) is 3.95.